The zero-order chi connectivity index (χ0) is 17.2. The molecule has 3 aromatic rings. The van der Waals surface area contributed by atoms with Gasteiger partial charge < -0.3 is 14.2 Å². The van der Waals surface area contributed by atoms with Crippen molar-refractivity contribution in [3.8, 4) is 5.75 Å². The Morgan fingerprint density at radius 1 is 0.960 bits per heavy atom. The maximum atomic E-state index is 13.2. The first kappa shape index (κ1) is 15.5. The van der Waals surface area contributed by atoms with Gasteiger partial charge in [0.25, 0.3) is 5.91 Å². The van der Waals surface area contributed by atoms with Crippen LogP contribution in [-0.4, -0.2) is 29.0 Å². The molecule has 2 aromatic carbocycles. The van der Waals surface area contributed by atoms with Crippen molar-refractivity contribution in [2.45, 2.75) is 12.6 Å². The molecule has 1 amide bonds. The lowest BCUT2D eigenvalue weighted by molar-refractivity contribution is 0.0664. The quantitative estimate of drug-likeness (QED) is 0.732. The molecular formula is C21H20N2O2. The van der Waals surface area contributed by atoms with Crippen LogP contribution in [-0.2, 0) is 6.54 Å². The highest BCUT2D eigenvalue weighted by Gasteiger charge is 2.32. The van der Waals surface area contributed by atoms with Crippen LogP contribution in [0.2, 0.25) is 0 Å². The summed E-state index contributed by atoms with van der Waals surface area (Å²) < 4.78 is 7.42. The minimum Gasteiger partial charge on any atom is -0.497 e. The summed E-state index contributed by atoms with van der Waals surface area (Å²) >= 11 is 0. The molecule has 0 fully saturated rings. The van der Waals surface area contributed by atoms with Crippen LogP contribution in [0, 0.1) is 0 Å². The number of hydrogen-bond acceptors (Lipinski definition) is 2. The molecule has 0 spiro atoms. The van der Waals surface area contributed by atoms with Crippen molar-refractivity contribution in [3.63, 3.8) is 0 Å². The Bertz CT molecular complexity index is 868. The molecule has 0 saturated heterocycles. The van der Waals surface area contributed by atoms with E-state index < -0.39 is 0 Å². The number of methoxy groups -OCH3 is 1. The molecule has 4 rings (SSSR count). The van der Waals surface area contributed by atoms with Gasteiger partial charge in [-0.15, -0.1) is 0 Å². The molecule has 1 atom stereocenters. The topological polar surface area (TPSA) is 34.5 Å². The van der Waals surface area contributed by atoms with Gasteiger partial charge in [0.05, 0.1) is 13.2 Å². The molecule has 0 radical (unpaired) electrons. The highest BCUT2D eigenvalue weighted by molar-refractivity contribution is 5.95. The van der Waals surface area contributed by atoms with Gasteiger partial charge in [-0.1, -0.05) is 30.3 Å². The van der Waals surface area contributed by atoms with Crippen LogP contribution >= 0.6 is 0 Å². The van der Waals surface area contributed by atoms with E-state index in [1.54, 1.807) is 7.11 Å². The lowest BCUT2D eigenvalue weighted by atomic mass is 9.99. The van der Waals surface area contributed by atoms with Crippen LogP contribution in [0.3, 0.4) is 0 Å². The molecule has 4 nitrogen and oxygen atoms in total. The molecule has 126 valence electrons. The van der Waals surface area contributed by atoms with Crippen molar-refractivity contribution in [2.24, 2.45) is 0 Å². The Labute approximate surface area is 147 Å². The molecule has 0 unspecified atom stereocenters. The number of nitrogens with zero attached hydrogens (tertiary/aromatic N) is 2. The van der Waals surface area contributed by atoms with Crippen LogP contribution in [0.5, 0.6) is 5.75 Å². The number of amides is 1. The minimum absolute atomic E-state index is 0.0453. The van der Waals surface area contributed by atoms with Gasteiger partial charge in [-0.2, -0.15) is 0 Å². The first-order valence-electron chi connectivity index (χ1n) is 8.43. The molecule has 25 heavy (non-hydrogen) atoms. The predicted octanol–water partition coefficient (Wildman–Crippen LogP) is 3.74. The second-order valence-electron chi connectivity index (χ2n) is 6.17. The van der Waals surface area contributed by atoms with E-state index in [0.717, 1.165) is 23.6 Å². The first-order valence-corrected chi connectivity index (χ1v) is 8.43. The standard InChI is InChI=1S/C21H20N2O2/c1-25-18-11-9-17(10-12-18)21(24)23-15-14-22-13-5-8-19(22)20(23)16-6-3-2-4-7-16/h2-13,20H,14-15H2,1H3/t20-/m0/s1. The lowest BCUT2D eigenvalue weighted by Gasteiger charge is -2.37. The molecule has 0 N–H and O–H groups in total. The Morgan fingerprint density at radius 3 is 2.44 bits per heavy atom. The van der Waals surface area contributed by atoms with Crippen LogP contribution in [0.25, 0.3) is 0 Å². The van der Waals surface area contributed by atoms with Gasteiger partial charge >= 0.3 is 0 Å². The van der Waals surface area contributed by atoms with Gasteiger partial charge in [0, 0.05) is 30.5 Å². The van der Waals surface area contributed by atoms with E-state index in [-0.39, 0.29) is 11.9 Å². The van der Waals surface area contributed by atoms with Crippen LogP contribution < -0.4 is 4.74 Å². The molecular weight excluding hydrogens is 312 g/mol. The largest absolute Gasteiger partial charge is 0.497 e. The van der Waals surface area contributed by atoms with E-state index in [1.165, 1.54) is 0 Å². The lowest BCUT2D eigenvalue weighted by Crippen LogP contribution is -2.42. The molecule has 2 heterocycles. The van der Waals surface area contributed by atoms with Crippen LogP contribution in [0.15, 0.2) is 72.9 Å². The summed E-state index contributed by atoms with van der Waals surface area (Å²) in [4.78, 5) is 15.2. The zero-order valence-electron chi connectivity index (χ0n) is 14.1. The number of rotatable bonds is 3. The number of carbonyl (C=O) groups excluding carboxylic acids is 1. The highest BCUT2D eigenvalue weighted by atomic mass is 16.5. The summed E-state index contributed by atoms with van der Waals surface area (Å²) in [6, 6.07) is 21.6. The van der Waals surface area contributed by atoms with Crippen molar-refractivity contribution < 1.29 is 9.53 Å². The fourth-order valence-corrected chi connectivity index (χ4v) is 3.49. The first-order chi connectivity index (χ1) is 12.3. The van der Waals surface area contributed by atoms with Crippen molar-refractivity contribution in [3.05, 3.63) is 89.7 Å². The monoisotopic (exact) mass is 332 g/mol. The second kappa shape index (κ2) is 6.48. The normalized spacial score (nSPS) is 16.4. The number of carbonyl (C=O) groups is 1. The molecule has 1 aliphatic rings. The summed E-state index contributed by atoms with van der Waals surface area (Å²) in [6.45, 7) is 1.50. The predicted molar refractivity (Wildman–Crippen MR) is 96.7 cm³/mol. The summed E-state index contributed by atoms with van der Waals surface area (Å²) in [5, 5.41) is 0. The highest BCUT2D eigenvalue weighted by Crippen LogP contribution is 2.33. The average molecular weight is 332 g/mol. The van der Waals surface area contributed by atoms with Gasteiger partial charge in [-0.3, -0.25) is 4.79 Å². The smallest absolute Gasteiger partial charge is 0.254 e. The molecule has 1 aliphatic heterocycles. The third kappa shape index (κ3) is 2.80. The van der Waals surface area contributed by atoms with E-state index in [2.05, 4.69) is 29.0 Å². The van der Waals surface area contributed by atoms with Crippen LogP contribution in [0.1, 0.15) is 27.7 Å². The number of benzene rings is 2. The molecule has 0 bridgehead atoms. The van der Waals surface area contributed by atoms with Crippen molar-refractivity contribution >= 4 is 5.91 Å². The van der Waals surface area contributed by atoms with Gasteiger partial charge in [-0.25, -0.2) is 0 Å². The van der Waals surface area contributed by atoms with E-state index in [4.69, 9.17) is 4.74 Å². The zero-order valence-corrected chi connectivity index (χ0v) is 14.1. The van der Waals surface area contributed by atoms with Gasteiger partial charge in [0.15, 0.2) is 0 Å². The second-order valence-corrected chi connectivity index (χ2v) is 6.17. The van der Waals surface area contributed by atoms with Crippen LogP contribution in [0.4, 0.5) is 0 Å². The Morgan fingerprint density at radius 2 is 1.72 bits per heavy atom. The fourth-order valence-electron chi connectivity index (χ4n) is 3.49. The number of aromatic nitrogens is 1. The summed E-state index contributed by atoms with van der Waals surface area (Å²) in [5.41, 5.74) is 2.96. The van der Waals surface area contributed by atoms with Crippen molar-refractivity contribution in [1.82, 2.24) is 9.47 Å². The van der Waals surface area contributed by atoms with Gasteiger partial charge in [0.1, 0.15) is 5.75 Å². The van der Waals surface area contributed by atoms with Gasteiger partial charge in [0.2, 0.25) is 0 Å². The molecule has 4 heteroatoms. The van der Waals surface area contributed by atoms with E-state index in [1.807, 2.05) is 53.4 Å². The maximum Gasteiger partial charge on any atom is 0.254 e. The SMILES string of the molecule is COc1ccc(C(=O)N2CCn3cccc3[C@@H]2c2ccccc2)cc1. The summed E-state index contributed by atoms with van der Waals surface area (Å²) in [6.07, 6.45) is 2.08. The third-order valence-corrected chi connectivity index (χ3v) is 4.75. The summed E-state index contributed by atoms with van der Waals surface area (Å²) in [7, 11) is 1.63. The summed E-state index contributed by atoms with van der Waals surface area (Å²) in [5.74, 6) is 0.799. The minimum atomic E-state index is -0.0699. The molecule has 0 aliphatic carbocycles. The van der Waals surface area contributed by atoms with Gasteiger partial charge in [-0.05, 0) is 42.0 Å². The third-order valence-electron chi connectivity index (χ3n) is 4.75. The molecule has 0 saturated carbocycles. The Balaban J connectivity index is 1.73. The Kier molecular flexibility index (Phi) is 4.02. The number of ether oxygens (including phenoxy) is 1. The van der Waals surface area contributed by atoms with E-state index >= 15 is 0 Å². The average Bonchev–Trinajstić information content (AvgIpc) is 3.16. The number of hydrogen-bond donors (Lipinski definition) is 0. The van der Waals surface area contributed by atoms with E-state index in [9.17, 15) is 4.79 Å². The van der Waals surface area contributed by atoms with E-state index in [0.29, 0.717) is 12.1 Å². The maximum absolute atomic E-state index is 13.2. The Hall–Kier alpha value is -3.01. The number of fused-ring (bicyclic) bond motifs is 1. The van der Waals surface area contributed by atoms with Crippen molar-refractivity contribution in [1.29, 1.82) is 0 Å². The fraction of sp³-hybridized carbons (Fsp3) is 0.190. The van der Waals surface area contributed by atoms with Crippen molar-refractivity contribution in [2.75, 3.05) is 13.7 Å². The molecule has 1 aromatic heterocycles.